The molecule has 0 aliphatic carbocycles. The molecular weight excluding hydrogens is 409 g/mol. The van der Waals surface area contributed by atoms with Crippen LogP contribution in [-0.2, 0) is 6.54 Å². The lowest BCUT2D eigenvalue weighted by Crippen LogP contribution is -2.36. The summed E-state index contributed by atoms with van der Waals surface area (Å²) in [4.78, 5) is 12.8. The molecule has 0 saturated heterocycles. The van der Waals surface area contributed by atoms with Crippen molar-refractivity contribution >= 4 is 11.7 Å². The lowest BCUT2D eigenvalue weighted by atomic mass is 9.96. The molecule has 0 unspecified atom stereocenters. The fourth-order valence-corrected chi connectivity index (χ4v) is 3.65. The largest absolute Gasteiger partial charge is 0.497 e. The van der Waals surface area contributed by atoms with E-state index >= 15 is 0 Å². The zero-order chi connectivity index (χ0) is 22.0. The molecule has 2 atom stereocenters. The fourth-order valence-electron chi connectivity index (χ4n) is 3.65. The Morgan fingerprint density at radius 1 is 1.19 bits per heavy atom. The highest BCUT2D eigenvalue weighted by molar-refractivity contribution is 5.98. The summed E-state index contributed by atoms with van der Waals surface area (Å²) in [6.45, 7) is 0.220. The number of rotatable bonds is 5. The molecule has 6 nitrogen and oxygen atoms in total. The summed E-state index contributed by atoms with van der Waals surface area (Å²) < 4.78 is 47.2. The average Bonchev–Trinajstić information content (AvgIpc) is 3.21. The third kappa shape index (κ3) is 4.35. The summed E-state index contributed by atoms with van der Waals surface area (Å²) in [7, 11) is 1.56. The predicted molar refractivity (Wildman–Crippen MR) is 109 cm³/mol. The van der Waals surface area contributed by atoms with Crippen LogP contribution in [0.2, 0.25) is 0 Å². The number of nitrogens with one attached hydrogen (secondary N) is 2. The van der Waals surface area contributed by atoms with Crippen LogP contribution in [0.15, 0.2) is 60.8 Å². The van der Waals surface area contributed by atoms with Crippen LogP contribution in [0.4, 0.5) is 19.0 Å². The summed E-state index contributed by atoms with van der Waals surface area (Å²) in [5.41, 5.74) is 1.62. The summed E-state index contributed by atoms with van der Waals surface area (Å²) in [5.74, 6) is 0.254. The molecule has 0 spiro atoms. The molecule has 1 aliphatic rings. The first-order valence-electron chi connectivity index (χ1n) is 9.73. The second-order valence-electron chi connectivity index (χ2n) is 7.28. The number of methoxy groups -OCH3 is 1. The van der Waals surface area contributed by atoms with Crippen LogP contribution in [0.3, 0.4) is 0 Å². The number of anilines is 1. The van der Waals surface area contributed by atoms with Gasteiger partial charge >= 0.3 is 6.18 Å². The maximum absolute atomic E-state index is 13.8. The number of halogens is 3. The van der Waals surface area contributed by atoms with Gasteiger partial charge in [-0.05, 0) is 23.3 Å². The van der Waals surface area contributed by atoms with Crippen molar-refractivity contribution in [2.24, 2.45) is 0 Å². The van der Waals surface area contributed by atoms with Crippen LogP contribution < -0.4 is 15.4 Å². The monoisotopic (exact) mass is 430 g/mol. The number of amides is 1. The van der Waals surface area contributed by atoms with Gasteiger partial charge in [0.2, 0.25) is 0 Å². The number of carbonyl (C=O) groups is 1. The smallest absolute Gasteiger partial charge is 0.410 e. The Balaban J connectivity index is 1.57. The second kappa shape index (κ2) is 8.33. The van der Waals surface area contributed by atoms with Gasteiger partial charge in [-0.1, -0.05) is 42.5 Å². The van der Waals surface area contributed by atoms with E-state index in [1.165, 1.54) is 6.20 Å². The van der Waals surface area contributed by atoms with Crippen molar-refractivity contribution in [2.75, 3.05) is 12.4 Å². The normalized spacial score (nSPS) is 18.1. The Kier molecular flexibility index (Phi) is 5.58. The van der Waals surface area contributed by atoms with E-state index in [0.717, 1.165) is 10.2 Å². The van der Waals surface area contributed by atoms with Crippen molar-refractivity contribution in [3.05, 3.63) is 77.5 Å². The zero-order valence-corrected chi connectivity index (χ0v) is 16.7. The number of carbonyl (C=O) groups excluding carboxylic acids is 1. The highest BCUT2D eigenvalue weighted by Crippen LogP contribution is 2.44. The van der Waals surface area contributed by atoms with Gasteiger partial charge < -0.3 is 15.4 Å². The minimum atomic E-state index is -4.49. The number of nitrogens with zero attached hydrogens (tertiary/aromatic N) is 2. The van der Waals surface area contributed by atoms with Crippen LogP contribution in [0.25, 0.3) is 0 Å². The lowest BCUT2D eigenvalue weighted by Gasteiger charge is -2.34. The Morgan fingerprint density at radius 2 is 1.90 bits per heavy atom. The molecule has 1 aromatic heterocycles. The minimum Gasteiger partial charge on any atom is -0.497 e. The molecule has 0 saturated carbocycles. The highest BCUT2D eigenvalue weighted by Gasteiger charge is 2.47. The SMILES string of the molecule is COc1ccc(CNC(=O)c2cnn3c2N[C@@H](c2ccccc2)C[C@H]3C(F)(F)F)cc1. The number of ether oxygens (including phenoxy) is 1. The first-order chi connectivity index (χ1) is 14.9. The number of fused-ring (bicyclic) bond motifs is 1. The Morgan fingerprint density at radius 3 is 2.55 bits per heavy atom. The third-order valence-corrected chi connectivity index (χ3v) is 5.30. The van der Waals surface area contributed by atoms with Gasteiger partial charge in [-0.3, -0.25) is 4.79 Å². The van der Waals surface area contributed by atoms with Crippen molar-refractivity contribution in [3.63, 3.8) is 0 Å². The topological polar surface area (TPSA) is 68.2 Å². The van der Waals surface area contributed by atoms with Crippen LogP contribution >= 0.6 is 0 Å². The number of hydrogen-bond donors (Lipinski definition) is 2. The van der Waals surface area contributed by atoms with E-state index in [1.807, 2.05) is 0 Å². The van der Waals surface area contributed by atoms with Gasteiger partial charge in [-0.15, -0.1) is 0 Å². The molecule has 4 rings (SSSR count). The standard InChI is InChI=1S/C22H21F3N4O2/c1-31-16-9-7-14(8-10-16)12-26-21(30)17-13-27-29-19(22(23,24)25)11-18(28-20(17)29)15-5-3-2-4-6-15/h2-10,13,18-19,28H,11-12H2,1H3,(H,26,30)/t18-,19+/m1/s1. The van der Waals surface area contributed by atoms with Crippen LogP contribution in [0.1, 0.15) is 40.0 Å². The van der Waals surface area contributed by atoms with E-state index in [2.05, 4.69) is 15.7 Å². The molecule has 0 radical (unpaired) electrons. The van der Waals surface area contributed by atoms with Gasteiger partial charge in [0.1, 0.15) is 17.1 Å². The maximum atomic E-state index is 13.8. The van der Waals surface area contributed by atoms with Crippen molar-refractivity contribution in [2.45, 2.75) is 31.2 Å². The van der Waals surface area contributed by atoms with E-state index in [9.17, 15) is 18.0 Å². The van der Waals surface area contributed by atoms with E-state index in [-0.39, 0.29) is 24.3 Å². The second-order valence-corrected chi connectivity index (χ2v) is 7.28. The molecule has 2 heterocycles. The first kappa shape index (κ1) is 20.8. The molecule has 162 valence electrons. The minimum absolute atomic E-state index is 0.0645. The molecule has 3 aromatic rings. The number of hydrogen-bond acceptors (Lipinski definition) is 4. The van der Waals surface area contributed by atoms with Gasteiger partial charge in [-0.25, -0.2) is 4.68 Å². The van der Waals surface area contributed by atoms with Gasteiger partial charge in [0, 0.05) is 13.0 Å². The lowest BCUT2D eigenvalue weighted by molar-refractivity contribution is -0.173. The molecule has 2 N–H and O–H groups in total. The van der Waals surface area contributed by atoms with E-state index in [4.69, 9.17) is 4.74 Å². The molecular formula is C22H21F3N4O2. The van der Waals surface area contributed by atoms with E-state index < -0.39 is 24.2 Å². The zero-order valence-electron chi connectivity index (χ0n) is 16.7. The molecule has 1 amide bonds. The summed E-state index contributed by atoms with van der Waals surface area (Å²) >= 11 is 0. The molecule has 1 aliphatic heterocycles. The van der Waals surface area contributed by atoms with Gasteiger partial charge in [-0.2, -0.15) is 18.3 Å². The van der Waals surface area contributed by atoms with Crippen molar-refractivity contribution in [1.82, 2.24) is 15.1 Å². The van der Waals surface area contributed by atoms with Crippen LogP contribution in [-0.4, -0.2) is 29.0 Å². The van der Waals surface area contributed by atoms with Gasteiger partial charge in [0.15, 0.2) is 6.04 Å². The number of aromatic nitrogens is 2. The fraction of sp³-hybridized carbons (Fsp3) is 0.273. The molecule has 31 heavy (non-hydrogen) atoms. The average molecular weight is 430 g/mol. The van der Waals surface area contributed by atoms with Crippen molar-refractivity contribution in [3.8, 4) is 5.75 Å². The first-order valence-corrected chi connectivity index (χ1v) is 9.73. The summed E-state index contributed by atoms with van der Waals surface area (Å²) in [6, 6.07) is 13.6. The summed E-state index contributed by atoms with van der Waals surface area (Å²) in [6.07, 6.45) is -3.53. The van der Waals surface area contributed by atoms with E-state index in [0.29, 0.717) is 11.3 Å². The maximum Gasteiger partial charge on any atom is 0.410 e. The molecule has 0 bridgehead atoms. The van der Waals surface area contributed by atoms with Gasteiger partial charge in [0.05, 0.1) is 19.3 Å². The van der Waals surface area contributed by atoms with Crippen molar-refractivity contribution < 1.29 is 22.7 Å². The Labute approximate surface area is 177 Å². The molecule has 2 aromatic carbocycles. The quantitative estimate of drug-likeness (QED) is 0.626. The Hall–Kier alpha value is -3.49. The van der Waals surface area contributed by atoms with Gasteiger partial charge in [0.25, 0.3) is 5.91 Å². The number of alkyl halides is 3. The molecule has 9 heteroatoms. The van der Waals surface area contributed by atoms with Crippen LogP contribution in [0, 0.1) is 0 Å². The number of benzene rings is 2. The third-order valence-electron chi connectivity index (χ3n) is 5.30. The van der Waals surface area contributed by atoms with Crippen LogP contribution in [0.5, 0.6) is 5.75 Å². The Bertz CT molecular complexity index is 1050. The highest BCUT2D eigenvalue weighted by atomic mass is 19.4. The van der Waals surface area contributed by atoms with Crippen molar-refractivity contribution in [1.29, 1.82) is 0 Å². The summed E-state index contributed by atoms with van der Waals surface area (Å²) in [5, 5.41) is 9.71. The van der Waals surface area contributed by atoms with E-state index in [1.54, 1.807) is 61.7 Å². The molecule has 0 fully saturated rings. The predicted octanol–water partition coefficient (Wildman–Crippen LogP) is 4.48.